The molecule has 0 spiro atoms. The zero-order valence-electron chi connectivity index (χ0n) is 14.1. The smallest absolute Gasteiger partial charge is 0.335 e. The average molecular weight is 384 g/mol. The minimum absolute atomic E-state index is 0.0744. The number of aromatic nitrogens is 2. The zero-order valence-corrected chi connectivity index (χ0v) is 14.9. The second kappa shape index (κ2) is 7.43. The maximum absolute atomic E-state index is 12.1. The number of aromatic amines is 1. The average Bonchev–Trinajstić information content (AvgIpc) is 2.63. The van der Waals surface area contributed by atoms with Crippen molar-refractivity contribution in [3.8, 4) is 11.6 Å². The second-order valence-corrected chi connectivity index (χ2v) is 6.11. The maximum atomic E-state index is 12.1. The largest absolute Gasteiger partial charge is 0.493 e. The highest BCUT2D eigenvalue weighted by Gasteiger charge is 2.14. The van der Waals surface area contributed by atoms with Crippen molar-refractivity contribution in [3.63, 3.8) is 0 Å². The fraction of sp³-hybridized carbons (Fsp3) is 0.0526. The normalized spacial score (nSPS) is 11.0. The van der Waals surface area contributed by atoms with E-state index in [0.29, 0.717) is 22.0 Å². The Kier molecular flexibility index (Phi) is 5.05. The van der Waals surface area contributed by atoms with E-state index >= 15 is 0 Å². The first kappa shape index (κ1) is 18.3. The Balaban J connectivity index is 2.04. The summed E-state index contributed by atoms with van der Waals surface area (Å²) in [6.45, 7) is 1.45. The molecule has 7 nitrogen and oxygen atoms in total. The van der Waals surface area contributed by atoms with E-state index in [1.807, 2.05) is 0 Å². The number of rotatable bonds is 4. The highest BCUT2D eigenvalue weighted by molar-refractivity contribution is 6.30. The van der Waals surface area contributed by atoms with Gasteiger partial charge < -0.3 is 5.11 Å². The van der Waals surface area contributed by atoms with Crippen molar-refractivity contribution in [1.82, 2.24) is 9.55 Å². The highest BCUT2D eigenvalue weighted by atomic mass is 35.5. The topological polar surface area (TPSA) is 105 Å². The Morgan fingerprint density at radius 1 is 1.11 bits per heavy atom. The highest BCUT2D eigenvalue weighted by Crippen LogP contribution is 2.19. The van der Waals surface area contributed by atoms with Gasteiger partial charge in [-0.05, 0) is 55.5 Å². The maximum Gasteiger partial charge on any atom is 0.335 e. The molecule has 0 unspecified atom stereocenters. The number of nitrogens with zero attached hydrogens (tertiary/aromatic N) is 2. The Labute approximate surface area is 158 Å². The molecule has 136 valence electrons. The first-order valence-corrected chi connectivity index (χ1v) is 8.24. The standard InChI is InChI=1S/C19H14ClN3O4/c1-11(24)12-2-6-14(7-3-12)21-10-16-17(25)22-19(27)23(18(16)26)15-8-4-13(20)5-9-15/h2-10,26H,1H3,(H,22,25,27). The second-order valence-electron chi connectivity index (χ2n) is 5.67. The lowest BCUT2D eigenvalue weighted by molar-refractivity contribution is 0.101. The fourth-order valence-electron chi connectivity index (χ4n) is 2.41. The summed E-state index contributed by atoms with van der Waals surface area (Å²) >= 11 is 5.83. The molecule has 0 radical (unpaired) electrons. The van der Waals surface area contributed by atoms with Gasteiger partial charge in [0.25, 0.3) is 5.56 Å². The molecule has 0 saturated carbocycles. The van der Waals surface area contributed by atoms with Crippen molar-refractivity contribution < 1.29 is 9.90 Å². The quantitative estimate of drug-likeness (QED) is 0.533. The molecule has 0 atom stereocenters. The number of benzene rings is 2. The molecule has 8 heteroatoms. The van der Waals surface area contributed by atoms with Crippen LogP contribution in [0, 0.1) is 0 Å². The van der Waals surface area contributed by atoms with Crippen LogP contribution in [-0.2, 0) is 0 Å². The first-order chi connectivity index (χ1) is 12.9. The van der Waals surface area contributed by atoms with Crippen LogP contribution in [0.3, 0.4) is 0 Å². The van der Waals surface area contributed by atoms with Gasteiger partial charge in [-0.2, -0.15) is 0 Å². The number of ketones is 1. The Hall–Kier alpha value is -3.45. The van der Waals surface area contributed by atoms with Gasteiger partial charge >= 0.3 is 5.69 Å². The van der Waals surface area contributed by atoms with E-state index < -0.39 is 17.1 Å². The molecule has 0 amide bonds. The molecule has 27 heavy (non-hydrogen) atoms. The van der Waals surface area contributed by atoms with E-state index in [0.717, 1.165) is 10.8 Å². The molecular weight excluding hydrogens is 370 g/mol. The summed E-state index contributed by atoms with van der Waals surface area (Å²) in [7, 11) is 0. The van der Waals surface area contributed by atoms with Crippen molar-refractivity contribution >= 4 is 29.3 Å². The number of carbonyl (C=O) groups is 1. The van der Waals surface area contributed by atoms with E-state index in [1.165, 1.54) is 19.1 Å². The Bertz CT molecular complexity index is 1140. The molecule has 0 aliphatic carbocycles. The van der Waals surface area contributed by atoms with E-state index in [2.05, 4.69) is 9.98 Å². The van der Waals surface area contributed by atoms with Crippen LogP contribution >= 0.6 is 11.6 Å². The Morgan fingerprint density at radius 3 is 2.33 bits per heavy atom. The summed E-state index contributed by atoms with van der Waals surface area (Å²) in [6.07, 6.45) is 1.16. The molecule has 1 heterocycles. The van der Waals surface area contributed by atoms with Gasteiger partial charge in [0.1, 0.15) is 5.56 Å². The molecule has 2 aromatic carbocycles. The van der Waals surface area contributed by atoms with Crippen LogP contribution in [-0.4, -0.2) is 26.7 Å². The summed E-state index contributed by atoms with van der Waals surface area (Å²) in [5, 5.41) is 10.9. The fourth-order valence-corrected chi connectivity index (χ4v) is 2.53. The summed E-state index contributed by atoms with van der Waals surface area (Å²) in [4.78, 5) is 41.8. The zero-order chi connectivity index (χ0) is 19.6. The number of aromatic hydroxyl groups is 1. The third-order valence-corrected chi connectivity index (χ3v) is 4.07. The summed E-state index contributed by atoms with van der Waals surface area (Å²) < 4.78 is 0.942. The summed E-state index contributed by atoms with van der Waals surface area (Å²) in [6, 6.07) is 12.6. The molecule has 1 aromatic heterocycles. The minimum atomic E-state index is -0.789. The van der Waals surface area contributed by atoms with Crippen molar-refractivity contribution in [2.75, 3.05) is 0 Å². The van der Waals surface area contributed by atoms with Crippen LogP contribution in [0.1, 0.15) is 22.8 Å². The van der Waals surface area contributed by atoms with E-state index in [1.54, 1.807) is 36.4 Å². The third kappa shape index (κ3) is 3.88. The molecule has 0 bridgehead atoms. The first-order valence-electron chi connectivity index (χ1n) is 7.86. The number of hydrogen-bond donors (Lipinski definition) is 2. The van der Waals surface area contributed by atoms with Gasteiger partial charge in [-0.15, -0.1) is 0 Å². The van der Waals surface area contributed by atoms with Crippen LogP contribution < -0.4 is 11.2 Å². The van der Waals surface area contributed by atoms with E-state index in [9.17, 15) is 19.5 Å². The molecule has 2 N–H and O–H groups in total. The molecule has 0 fully saturated rings. The van der Waals surface area contributed by atoms with Crippen LogP contribution in [0.4, 0.5) is 5.69 Å². The van der Waals surface area contributed by atoms with Gasteiger partial charge in [0.15, 0.2) is 5.78 Å². The van der Waals surface area contributed by atoms with Gasteiger partial charge in [-0.25, -0.2) is 9.36 Å². The summed E-state index contributed by atoms with van der Waals surface area (Å²) in [5.74, 6) is -0.621. The van der Waals surface area contributed by atoms with Crippen LogP contribution in [0.15, 0.2) is 63.1 Å². The Morgan fingerprint density at radius 2 is 1.74 bits per heavy atom. The number of carbonyl (C=O) groups excluding carboxylic acids is 1. The van der Waals surface area contributed by atoms with Crippen LogP contribution in [0.5, 0.6) is 5.88 Å². The van der Waals surface area contributed by atoms with Crippen molar-refractivity contribution in [2.24, 2.45) is 4.99 Å². The molecule has 3 aromatic rings. The van der Waals surface area contributed by atoms with Gasteiger partial charge in [-0.1, -0.05) is 11.6 Å². The van der Waals surface area contributed by atoms with Crippen LogP contribution in [0.25, 0.3) is 5.69 Å². The van der Waals surface area contributed by atoms with Gasteiger partial charge in [-0.3, -0.25) is 19.6 Å². The lowest BCUT2D eigenvalue weighted by Crippen LogP contribution is -2.31. The number of H-pyrrole nitrogens is 1. The number of hydrogen-bond acceptors (Lipinski definition) is 5. The van der Waals surface area contributed by atoms with Crippen molar-refractivity contribution in [3.05, 3.63) is 85.5 Å². The third-order valence-electron chi connectivity index (χ3n) is 3.82. The molecule has 3 rings (SSSR count). The molecule has 0 saturated heterocycles. The van der Waals surface area contributed by atoms with E-state index in [4.69, 9.17) is 11.6 Å². The number of nitrogens with one attached hydrogen (secondary N) is 1. The van der Waals surface area contributed by atoms with Crippen molar-refractivity contribution in [2.45, 2.75) is 6.92 Å². The van der Waals surface area contributed by atoms with Crippen molar-refractivity contribution in [1.29, 1.82) is 0 Å². The molecular formula is C19H14ClN3O4. The molecule has 0 aliphatic heterocycles. The SMILES string of the molecule is CC(=O)c1ccc(N=Cc2c(O)n(-c3ccc(Cl)cc3)c(=O)[nH]c2=O)cc1. The lowest BCUT2D eigenvalue weighted by Gasteiger charge is -2.09. The number of Topliss-reactive ketones (excluding diaryl/α,β-unsaturated/α-hetero) is 1. The van der Waals surface area contributed by atoms with Crippen LogP contribution in [0.2, 0.25) is 5.02 Å². The lowest BCUT2D eigenvalue weighted by atomic mass is 10.1. The minimum Gasteiger partial charge on any atom is -0.493 e. The number of aliphatic imine (C=N–C) groups is 1. The number of halogens is 1. The monoisotopic (exact) mass is 383 g/mol. The molecule has 0 aliphatic rings. The van der Waals surface area contributed by atoms with Gasteiger partial charge in [0.05, 0.1) is 11.4 Å². The van der Waals surface area contributed by atoms with Gasteiger partial charge in [0, 0.05) is 16.8 Å². The summed E-state index contributed by atoms with van der Waals surface area (Å²) in [5.41, 5.74) is -0.401. The predicted octanol–water partition coefficient (Wildman–Crippen LogP) is 2.84. The van der Waals surface area contributed by atoms with E-state index in [-0.39, 0.29) is 11.3 Å². The predicted molar refractivity (Wildman–Crippen MR) is 103 cm³/mol. The van der Waals surface area contributed by atoms with Gasteiger partial charge in [0.2, 0.25) is 5.88 Å².